The van der Waals surface area contributed by atoms with Crippen molar-refractivity contribution in [2.45, 2.75) is 174 Å². The van der Waals surface area contributed by atoms with Crippen molar-refractivity contribution in [2.75, 3.05) is 52.7 Å². The van der Waals surface area contributed by atoms with E-state index in [0.717, 1.165) is 0 Å². The Labute approximate surface area is 462 Å². The number of amides is 3. The number of hydrogen-bond acceptors (Lipinski definition) is 17. The lowest BCUT2D eigenvalue weighted by Crippen LogP contribution is -2.54. The molecule has 4 rings (SSSR count). The summed E-state index contributed by atoms with van der Waals surface area (Å²) in [6, 6.07) is -1.44. The van der Waals surface area contributed by atoms with E-state index in [2.05, 4.69) is 42.3 Å². The number of aliphatic hydroxyl groups is 2. The number of aliphatic hydroxyl groups excluding tert-OH is 2. The van der Waals surface area contributed by atoms with Gasteiger partial charge in [0.2, 0.25) is 17.7 Å². The van der Waals surface area contributed by atoms with Crippen molar-refractivity contribution in [1.82, 2.24) is 20.9 Å². The molecule has 22 heteroatoms. The predicted molar refractivity (Wildman–Crippen MR) is 290 cm³/mol. The maximum Gasteiger partial charge on any atom is 0.332 e. The number of carbonyl (C=O) groups excluding carboxylic acids is 7. The molecule has 2 aliphatic carbocycles. The molecule has 2 saturated heterocycles. The number of nitrogens with one attached hydrogen (secondary N) is 3. The lowest BCUT2D eigenvalue weighted by molar-refractivity contribution is -0.160. The monoisotopic (exact) mass is 1110 g/mol. The summed E-state index contributed by atoms with van der Waals surface area (Å²) < 4.78 is 31.3. The summed E-state index contributed by atoms with van der Waals surface area (Å²) in [6.45, 7) is 30.9. The van der Waals surface area contributed by atoms with E-state index in [1.165, 1.54) is 4.90 Å². The molecule has 4 aliphatic rings. The average Bonchev–Trinajstić information content (AvgIpc) is 4.11. The first kappa shape index (κ1) is 71.8. The zero-order valence-corrected chi connectivity index (χ0v) is 46.7. The van der Waals surface area contributed by atoms with Gasteiger partial charge in [-0.3, -0.25) is 28.8 Å². The van der Waals surface area contributed by atoms with Gasteiger partial charge in [-0.25, -0.2) is 9.59 Å². The van der Waals surface area contributed by atoms with Gasteiger partial charge in [0.15, 0.2) is 0 Å². The highest BCUT2D eigenvalue weighted by Crippen LogP contribution is 2.46. The van der Waals surface area contributed by atoms with Gasteiger partial charge in [-0.15, -0.1) is 38.7 Å². The van der Waals surface area contributed by atoms with Gasteiger partial charge < -0.3 is 64.6 Å². The van der Waals surface area contributed by atoms with Crippen molar-refractivity contribution in [1.29, 1.82) is 0 Å². The SMILES string of the molecule is C.C=CCOCCC[C@H](CC(=O)OC(C)(C)C)C(=O)N1C[C@H](O)C[C@H]1C(=O)N[C@]1(C(=O)OCC)C[C@H]1C=C.C=CCOCCC[C@H](CC(=O)OC(C)(C)C)C(=O)O.C=C[C@@H]1C[C@]1(NC(=O)[C@@H]1C[C@@H](O)CN1)C(=O)OCC.Cl. The zero-order chi connectivity index (χ0) is 56.7. The second kappa shape index (κ2) is 34.0. The Bertz CT molecular complexity index is 1990. The number of carboxylic acid groups (broad SMARTS) is 1. The number of aliphatic carboxylic acids is 1. The number of halogens is 1. The van der Waals surface area contributed by atoms with Gasteiger partial charge in [-0.2, -0.15) is 0 Å². The molecule has 0 bridgehead atoms. The second-order valence-electron chi connectivity index (χ2n) is 21.0. The molecule has 0 aromatic rings. The third kappa shape index (κ3) is 24.2. The van der Waals surface area contributed by atoms with Crippen molar-refractivity contribution in [2.24, 2.45) is 23.7 Å². The van der Waals surface area contributed by atoms with Gasteiger partial charge in [0.1, 0.15) is 28.3 Å². The van der Waals surface area contributed by atoms with Crippen LogP contribution in [0.5, 0.6) is 0 Å². The minimum Gasteiger partial charge on any atom is -0.481 e. The van der Waals surface area contributed by atoms with Crippen LogP contribution in [0.25, 0.3) is 0 Å². The molecule has 0 radical (unpaired) electrons. The molecule has 77 heavy (non-hydrogen) atoms. The summed E-state index contributed by atoms with van der Waals surface area (Å²) in [4.78, 5) is 100. The van der Waals surface area contributed by atoms with E-state index in [-0.39, 0.29) is 76.6 Å². The summed E-state index contributed by atoms with van der Waals surface area (Å²) in [5.41, 5.74) is -3.47. The number of hydrogen-bond donors (Lipinski definition) is 6. The minimum atomic E-state index is -1.21. The van der Waals surface area contributed by atoms with Gasteiger partial charge in [-0.1, -0.05) is 31.7 Å². The van der Waals surface area contributed by atoms with E-state index in [9.17, 15) is 48.6 Å². The molecule has 0 aromatic heterocycles. The van der Waals surface area contributed by atoms with Crippen LogP contribution >= 0.6 is 12.4 Å². The average molecular weight is 1120 g/mol. The van der Waals surface area contributed by atoms with Crippen molar-refractivity contribution in [3.8, 4) is 0 Å². The van der Waals surface area contributed by atoms with Gasteiger partial charge in [-0.05, 0) is 100 Å². The molecular weight excluding hydrogens is 1020 g/mol. The molecule has 10 atom stereocenters. The molecule has 2 saturated carbocycles. The minimum absolute atomic E-state index is 0. The van der Waals surface area contributed by atoms with E-state index < -0.39 is 100 Å². The number of nitrogens with zero attached hydrogens (tertiary/aromatic N) is 1. The quantitative estimate of drug-likeness (QED) is 0.0268. The van der Waals surface area contributed by atoms with Crippen LogP contribution in [-0.4, -0.2) is 167 Å². The molecule has 4 fully saturated rings. The Morgan fingerprint density at radius 1 is 0.701 bits per heavy atom. The van der Waals surface area contributed by atoms with Crippen molar-refractivity contribution < 1.29 is 82.1 Å². The second-order valence-corrected chi connectivity index (χ2v) is 21.0. The Hall–Kier alpha value is -5.19. The summed E-state index contributed by atoms with van der Waals surface area (Å²) in [6.07, 6.45) is 7.92. The highest BCUT2D eigenvalue weighted by Gasteiger charge is 2.63. The normalized spacial score (nSPS) is 24.5. The molecule has 21 nitrogen and oxygen atoms in total. The first-order chi connectivity index (χ1) is 35.2. The fourth-order valence-corrected chi connectivity index (χ4v) is 8.58. The highest BCUT2D eigenvalue weighted by molar-refractivity contribution is 5.96. The first-order valence-electron chi connectivity index (χ1n) is 25.8. The molecule has 2 heterocycles. The lowest BCUT2D eigenvalue weighted by Gasteiger charge is -2.29. The zero-order valence-electron chi connectivity index (χ0n) is 45.9. The third-order valence-electron chi connectivity index (χ3n) is 12.4. The van der Waals surface area contributed by atoms with Crippen LogP contribution in [-0.2, 0) is 66.8 Å². The number of esters is 4. The van der Waals surface area contributed by atoms with Crippen LogP contribution in [0.1, 0.15) is 127 Å². The molecule has 6 N–H and O–H groups in total. The van der Waals surface area contributed by atoms with Crippen LogP contribution in [0.3, 0.4) is 0 Å². The molecule has 2 aliphatic heterocycles. The van der Waals surface area contributed by atoms with Crippen molar-refractivity contribution in [3.63, 3.8) is 0 Å². The summed E-state index contributed by atoms with van der Waals surface area (Å²) in [5, 5.41) is 37.3. The number of rotatable bonds is 28. The molecular formula is C55H91ClN4O17. The molecule has 0 aromatic carbocycles. The molecule has 0 spiro atoms. The fraction of sp³-hybridized carbons (Fsp3) is 0.709. The smallest absolute Gasteiger partial charge is 0.332 e. The number of β-amino-alcohol motifs (C(OH)–C–C–N with tert-alkyl or cyclic N) is 2. The third-order valence-corrected chi connectivity index (χ3v) is 12.4. The van der Waals surface area contributed by atoms with E-state index >= 15 is 0 Å². The van der Waals surface area contributed by atoms with Crippen molar-refractivity contribution in [3.05, 3.63) is 50.6 Å². The summed E-state index contributed by atoms with van der Waals surface area (Å²) in [7, 11) is 0. The molecule has 3 amide bonds. The van der Waals surface area contributed by atoms with Crippen LogP contribution < -0.4 is 16.0 Å². The standard InChI is InChI=1S/C27H42N2O8.C14H24O5.C13H20N2O4.CH4.ClH/c1-7-12-35-13-10-11-18(14-22(31)37-26(4,5)6)24(33)29-17-20(30)15-21(29)23(32)28-27(16-19(27)8-2)25(34)36-9-3;1-5-8-18-9-6-7-11(13(16)17)10-12(15)19-14(2,3)4;1-3-8-6-13(8,12(18)19-4-2)15-11(17)10-5-9(16)7-14-10;;/h7-8,18-21,30H,1-2,9-17H2,3-6H3,(H,28,32);5,11H,1,6-10H2,2-4H3,(H,16,17);3,8-10,14,16H,1,4-7H2,2H3,(H,15,17);1H4;1H/t18-,19-,20-,21+,27-;11-;8-,9-,10+,13-;;/m111../s1. The van der Waals surface area contributed by atoms with E-state index in [1.807, 2.05) is 0 Å². The Morgan fingerprint density at radius 3 is 1.52 bits per heavy atom. The number of likely N-dealkylation sites (tertiary alicyclic amines) is 1. The maximum absolute atomic E-state index is 13.6. The van der Waals surface area contributed by atoms with Crippen LogP contribution in [0.2, 0.25) is 0 Å². The van der Waals surface area contributed by atoms with Gasteiger partial charge >= 0.3 is 29.8 Å². The number of ether oxygens (including phenoxy) is 6. The maximum atomic E-state index is 13.6. The van der Waals surface area contributed by atoms with Crippen LogP contribution in [0.4, 0.5) is 0 Å². The molecule has 440 valence electrons. The van der Waals surface area contributed by atoms with E-state index in [0.29, 0.717) is 77.9 Å². The van der Waals surface area contributed by atoms with Crippen molar-refractivity contribution >= 4 is 60.0 Å². The largest absolute Gasteiger partial charge is 0.481 e. The van der Waals surface area contributed by atoms with E-state index in [4.69, 9.17) is 33.5 Å². The van der Waals surface area contributed by atoms with Crippen LogP contribution in [0, 0.1) is 23.7 Å². The summed E-state index contributed by atoms with van der Waals surface area (Å²) in [5.74, 6) is -6.02. The Morgan fingerprint density at radius 2 is 1.14 bits per heavy atom. The number of carboxylic acids is 1. The van der Waals surface area contributed by atoms with Crippen LogP contribution in [0.15, 0.2) is 50.6 Å². The summed E-state index contributed by atoms with van der Waals surface area (Å²) >= 11 is 0. The lowest BCUT2D eigenvalue weighted by atomic mass is 9.97. The number of carbonyl (C=O) groups is 8. The Balaban J connectivity index is 0.00000122. The Kier molecular flexibility index (Phi) is 31.7. The first-order valence-corrected chi connectivity index (χ1v) is 25.8. The highest BCUT2D eigenvalue weighted by atomic mass is 35.5. The fourth-order valence-electron chi connectivity index (χ4n) is 8.58. The van der Waals surface area contributed by atoms with E-state index in [1.54, 1.807) is 79.7 Å². The van der Waals surface area contributed by atoms with Gasteiger partial charge in [0.05, 0.1) is 63.4 Å². The van der Waals surface area contributed by atoms with Gasteiger partial charge in [0.25, 0.3) is 0 Å². The van der Waals surface area contributed by atoms with Gasteiger partial charge in [0, 0.05) is 50.5 Å². The predicted octanol–water partition coefficient (Wildman–Crippen LogP) is 4.70. The molecule has 0 unspecified atom stereocenters. The topological polar surface area (TPSA) is 292 Å².